The summed E-state index contributed by atoms with van der Waals surface area (Å²) in [6, 6.07) is 7.96. The summed E-state index contributed by atoms with van der Waals surface area (Å²) in [5.41, 5.74) is 1.40. The third-order valence-electron chi connectivity index (χ3n) is 5.41. The highest BCUT2D eigenvalue weighted by Crippen LogP contribution is 2.36. The van der Waals surface area contributed by atoms with Gasteiger partial charge >= 0.3 is 12.1 Å². The number of aliphatic hydroxyl groups is 1. The first-order chi connectivity index (χ1) is 15.7. The summed E-state index contributed by atoms with van der Waals surface area (Å²) in [5.74, 6) is -2.49. The highest BCUT2D eigenvalue weighted by atomic mass is 35.5. The molecule has 1 aliphatic heterocycles. The quantitative estimate of drug-likeness (QED) is 0.575. The van der Waals surface area contributed by atoms with E-state index in [4.69, 9.17) is 21.4 Å². The summed E-state index contributed by atoms with van der Waals surface area (Å²) in [7, 11) is 1.00. The van der Waals surface area contributed by atoms with Gasteiger partial charge in [-0.2, -0.15) is 13.2 Å². The van der Waals surface area contributed by atoms with Crippen molar-refractivity contribution in [3.05, 3.63) is 57.9 Å². The number of carboxylic acids is 1. The fraction of sp³-hybridized carbons (Fsp3) is 0.364. The predicted octanol–water partition coefficient (Wildman–Crippen LogP) is 4.21. The molecular weight excluding hydrogens is 463 g/mol. The first kappa shape index (κ1) is 24.8. The van der Waals surface area contributed by atoms with Gasteiger partial charge in [-0.15, -0.1) is 0 Å². The van der Waals surface area contributed by atoms with Gasteiger partial charge < -0.3 is 24.4 Å². The molecule has 3 aromatic rings. The minimum absolute atomic E-state index is 0.105. The molecular formula is C22H23ClF3N3O4. The molecule has 0 radical (unpaired) electrons. The Balaban J connectivity index is 0.00000149. The summed E-state index contributed by atoms with van der Waals surface area (Å²) in [5, 5.41) is 17.1. The molecule has 0 saturated carbocycles. The molecule has 0 aliphatic carbocycles. The number of aliphatic hydroxyl groups excluding tert-OH is 1. The van der Waals surface area contributed by atoms with Crippen LogP contribution in [-0.2, 0) is 17.5 Å². The number of nitrogens with zero attached hydrogens (tertiary/aromatic N) is 3. The summed E-state index contributed by atoms with van der Waals surface area (Å²) < 4.78 is 48.0. The van der Waals surface area contributed by atoms with Gasteiger partial charge in [-0.3, -0.25) is 0 Å². The lowest BCUT2D eigenvalue weighted by atomic mass is 10.1. The molecule has 0 unspecified atom stereocenters. The van der Waals surface area contributed by atoms with Gasteiger partial charge in [0.2, 0.25) is 5.82 Å². The molecule has 1 fully saturated rings. The Hall–Kier alpha value is -2.82. The molecule has 0 spiro atoms. The highest BCUT2D eigenvalue weighted by molar-refractivity contribution is 6.31. The minimum Gasteiger partial charge on any atom is -0.478 e. The van der Waals surface area contributed by atoms with E-state index in [9.17, 15) is 23.1 Å². The fourth-order valence-corrected chi connectivity index (χ4v) is 3.94. The molecule has 4 rings (SSSR count). The molecule has 2 aromatic carbocycles. The lowest BCUT2D eigenvalue weighted by Gasteiger charge is -2.29. The van der Waals surface area contributed by atoms with Crippen LogP contribution >= 0.6 is 11.6 Å². The Bertz CT molecular complexity index is 1160. The summed E-state index contributed by atoms with van der Waals surface area (Å²) in [6.07, 6.45) is -4.76. The Kier molecular flexibility index (Phi) is 7.51. The summed E-state index contributed by atoms with van der Waals surface area (Å²) >= 11 is 6.15. The van der Waals surface area contributed by atoms with Crippen LogP contribution in [0.3, 0.4) is 0 Å². The standard InChI is InChI=1S/C21H19ClF3N3O3.CH4O/c1-12-13(3-2-4-16(12)22)11-28-17-10-14(27-5-7-31-8-6-27)9-15(19(29)30)18(17)26-20(28)21(23,24)25;1-2/h2-4,9-10H,5-8,11H2,1H3,(H,29,30);2H,1H3. The summed E-state index contributed by atoms with van der Waals surface area (Å²) in [4.78, 5) is 17.5. The second kappa shape index (κ2) is 9.98. The minimum atomic E-state index is -4.76. The number of fused-ring (bicyclic) bond motifs is 1. The van der Waals surface area contributed by atoms with E-state index in [1.165, 1.54) is 6.07 Å². The van der Waals surface area contributed by atoms with Gasteiger partial charge in [0.15, 0.2) is 0 Å². The van der Waals surface area contributed by atoms with Crippen LogP contribution in [-0.4, -0.2) is 59.1 Å². The van der Waals surface area contributed by atoms with Crippen LogP contribution in [0.5, 0.6) is 0 Å². The topological polar surface area (TPSA) is 87.8 Å². The average Bonchev–Trinajstić information content (AvgIpc) is 3.17. The third kappa shape index (κ3) is 5.07. The van der Waals surface area contributed by atoms with Crippen LogP contribution in [0.4, 0.5) is 18.9 Å². The molecule has 1 saturated heterocycles. The normalized spacial score (nSPS) is 14.2. The third-order valence-corrected chi connectivity index (χ3v) is 5.82. The van der Waals surface area contributed by atoms with Crippen LogP contribution in [0.15, 0.2) is 30.3 Å². The number of hydrogen-bond donors (Lipinski definition) is 2. The summed E-state index contributed by atoms with van der Waals surface area (Å²) in [6.45, 7) is 3.51. The van der Waals surface area contributed by atoms with Crippen LogP contribution in [0.2, 0.25) is 5.02 Å². The number of aromatic nitrogens is 2. The number of morpholine rings is 1. The number of carbonyl (C=O) groups is 1. The van der Waals surface area contributed by atoms with Crippen molar-refractivity contribution in [1.82, 2.24) is 9.55 Å². The zero-order chi connectivity index (χ0) is 24.3. The molecule has 0 amide bonds. The second-order valence-corrected chi connectivity index (χ2v) is 7.72. The zero-order valence-corrected chi connectivity index (χ0v) is 18.7. The van der Waals surface area contributed by atoms with E-state index in [-0.39, 0.29) is 23.1 Å². The maximum absolute atomic E-state index is 13.9. The van der Waals surface area contributed by atoms with E-state index in [1.807, 2.05) is 4.90 Å². The number of carboxylic acid groups (broad SMARTS) is 1. The van der Waals surface area contributed by atoms with E-state index in [0.29, 0.717) is 48.1 Å². The number of benzene rings is 2. The number of imidazole rings is 1. The maximum atomic E-state index is 13.9. The van der Waals surface area contributed by atoms with Gasteiger partial charge in [0.25, 0.3) is 0 Å². The van der Waals surface area contributed by atoms with Gasteiger partial charge in [-0.05, 0) is 36.2 Å². The molecule has 33 heavy (non-hydrogen) atoms. The van der Waals surface area contributed by atoms with Gasteiger partial charge in [0, 0.05) is 37.5 Å². The molecule has 178 valence electrons. The van der Waals surface area contributed by atoms with Crippen molar-refractivity contribution >= 4 is 34.3 Å². The van der Waals surface area contributed by atoms with Crippen LogP contribution in [0.25, 0.3) is 11.0 Å². The smallest absolute Gasteiger partial charge is 0.449 e. The van der Waals surface area contributed by atoms with Crippen LogP contribution < -0.4 is 4.90 Å². The van der Waals surface area contributed by atoms with E-state index >= 15 is 0 Å². The number of hydrogen-bond acceptors (Lipinski definition) is 5. The number of ether oxygens (including phenoxy) is 1. The first-order valence-electron chi connectivity index (χ1n) is 10.0. The van der Waals surface area contributed by atoms with Crippen LogP contribution in [0.1, 0.15) is 27.3 Å². The van der Waals surface area contributed by atoms with E-state index in [1.54, 1.807) is 31.2 Å². The Labute approximate surface area is 193 Å². The van der Waals surface area contributed by atoms with Crippen molar-refractivity contribution in [2.75, 3.05) is 38.3 Å². The molecule has 0 atom stereocenters. The monoisotopic (exact) mass is 485 g/mol. The Morgan fingerprint density at radius 2 is 1.88 bits per heavy atom. The lowest BCUT2D eigenvalue weighted by molar-refractivity contribution is -0.146. The zero-order valence-electron chi connectivity index (χ0n) is 18.0. The van der Waals surface area contributed by atoms with Gasteiger partial charge in [-0.1, -0.05) is 23.7 Å². The van der Waals surface area contributed by atoms with Crippen molar-refractivity contribution in [1.29, 1.82) is 0 Å². The molecule has 1 aromatic heterocycles. The number of aromatic carboxylic acids is 1. The number of anilines is 1. The maximum Gasteiger partial charge on any atom is 0.449 e. The van der Waals surface area contributed by atoms with Gasteiger partial charge in [0.05, 0.1) is 24.3 Å². The van der Waals surface area contributed by atoms with E-state index in [2.05, 4.69) is 4.98 Å². The SMILES string of the molecule is CO.Cc1c(Cl)cccc1Cn1c(C(F)(F)F)nc2c(C(=O)O)cc(N3CCOCC3)cc21. The van der Waals surface area contributed by atoms with E-state index < -0.39 is 18.0 Å². The molecule has 11 heteroatoms. The number of rotatable bonds is 4. The molecule has 0 bridgehead atoms. The van der Waals surface area contributed by atoms with E-state index in [0.717, 1.165) is 11.7 Å². The van der Waals surface area contributed by atoms with Crippen LogP contribution in [0, 0.1) is 6.92 Å². The van der Waals surface area contributed by atoms with Crippen molar-refractivity contribution in [3.63, 3.8) is 0 Å². The predicted molar refractivity (Wildman–Crippen MR) is 118 cm³/mol. The Morgan fingerprint density at radius 1 is 1.21 bits per heavy atom. The van der Waals surface area contributed by atoms with Crippen molar-refractivity contribution in [2.24, 2.45) is 0 Å². The molecule has 7 nitrogen and oxygen atoms in total. The Morgan fingerprint density at radius 3 is 2.48 bits per heavy atom. The lowest BCUT2D eigenvalue weighted by Crippen LogP contribution is -2.36. The molecule has 2 heterocycles. The molecule has 2 N–H and O–H groups in total. The first-order valence-corrected chi connectivity index (χ1v) is 10.4. The average molecular weight is 486 g/mol. The van der Waals surface area contributed by atoms with Crippen molar-refractivity contribution in [3.8, 4) is 0 Å². The van der Waals surface area contributed by atoms with Gasteiger partial charge in [-0.25, -0.2) is 9.78 Å². The number of alkyl halides is 3. The largest absolute Gasteiger partial charge is 0.478 e. The highest BCUT2D eigenvalue weighted by Gasteiger charge is 2.38. The fourth-order valence-electron chi connectivity index (χ4n) is 3.75. The number of halogens is 4. The van der Waals surface area contributed by atoms with Crippen molar-refractivity contribution in [2.45, 2.75) is 19.6 Å². The van der Waals surface area contributed by atoms with Gasteiger partial charge in [0.1, 0.15) is 5.52 Å². The van der Waals surface area contributed by atoms with Crippen molar-refractivity contribution < 1.29 is 32.9 Å². The molecule has 1 aliphatic rings. The second-order valence-electron chi connectivity index (χ2n) is 7.31.